The third-order valence-corrected chi connectivity index (χ3v) is 1.84. The van der Waals surface area contributed by atoms with Crippen LogP contribution in [0.5, 0.6) is 0 Å². The Morgan fingerprint density at radius 1 is 1.36 bits per heavy atom. The molecule has 0 fully saturated rings. The summed E-state index contributed by atoms with van der Waals surface area (Å²) in [5.41, 5.74) is 3.04. The molecule has 0 bridgehead atoms. The summed E-state index contributed by atoms with van der Waals surface area (Å²) in [6.07, 6.45) is 0. The number of alkyl halides is 1. The molecule has 0 radical (unpaired) electrons. The number of nitrogens with one attached hydrogen (secondary N) is 1. The zero-order valence-electron chi connectivity index (χ0n) is 6.00. The van der Waals surface area contributed by atoms with Gasteiger partial charge in [0.15, 0.2) is 0 Å². The van der Waals surface area contributed by atoms with E-state index in [0.29, 0.717) is 6.54 Å². The van der Waals surface area contributed by atoms with Crippen molar-refractivity contribution in [3.05, 3.63) is 35.9 Å². The molecule has 11 heavy (non-hydrogen) atoms. The van der Waals surface area contributed by atoms with Gasteiger partial charge in [0, 0.05) is 6.54 Å². The Morgan fingerprint density at radius 2 is 2.00 bits per heavy atom. The van der Waals surface area contributed by atoms with Crippen LogP contribution in [0.4, 0.5) is 0 Å². The average Bonchev–Trinajstić information content (AvgIpc) is 2.07. The van der Waals surface area contributed by atoms with Gasteiger partial charge in [-0.3, -0.25) is 0 Å². The SMILES string of the molecule is ONCC(Cl)c1ccccc1. The van der Waals surface area contributed by atoms with Crippen molar-refractivity contribution in [3.8, 4) is 0 Å². The molecule has 0 aliphatic carbocycles. The molecule has 0 aliphatic rings. The number of hydroxylamine groups is 1. The highest BCUT2D eigenvalue weighted by molar-refractivity contribution is 6.20. The summed E-state index contributed by atoms with van der Waals surface area (Å²) < 4.78 is 0. The first kappa shape index (κ1) is 8.53. The molecule has 60 valence electrons. The minimum absolute atomic E-state index is 0.166. The van der Waals surface area contributed by atoms with E-state index < -0.39 is 0 Å². The second kappa shape index (κ2) is 4.34. The van der Waals surface area contributed by atoms with E-state index in [1.807, 2.05) is 35.8 Å². The summed E-state index contributed by atoms with van der Waals surface area (Å²) in [4.78, 5) is 0. The first-order valence-electron chi connectivity index (χ1n) is 3.40. The normalized spacial score (nSPS) is 12.9. The summed E-state index contributed by atoms with van der Waals surface area (Å²) in [6.45, 7) is 0.367. The van der Waals surface area contributed by atoms with Gasteiger partial charge in [0.2, 0.25) is 0 Å². The Bertz CT molecular complexity index is 203. The Labute approximate surface area is 70.8 Å². The molecule has 1 unspecified atom stereocenters. The fourth-order valence-electron chi connectivity index (χ4n) is 0.860. The lowest BCUT2D eigenvalue weighted by atomic mass is 10.1. The first-order valence-corrected chi connectivity index (χ1v) is 3.84. The first-order chi connectivity index (χ1) is 5.34. The third kappa shape index (κ3) is 2.50. The van der Waals surface area contributed by atoms with Gasteiger partial charge in [-0.1, -0.05) is 30.3 Å². The molecular formula is C8H10ClNO. The standard InChI is InChI=1S/C8H10ClNO/c9-8(6-10-11)7-4-2-1-3-5-7/h1-5,8,10-11H,6H2. The van der Waals surface area contributed by atoms with Crippen molar-refractivity contribution in [1.82, 2.24) is 5.48 Å². The van der Waals surface area contributed by atoms with Gasteiger partial charge in [0.1, 0.15) is 0 Å². The molecule has 0 spiro atoms. The van der Waals surface area contributed by atoms with Gasteiger partial charge in [-0.05, 0) is 5.56 Å². The molecule has 0 aromatic heterocycles. The van der Waals surface area contributed by atoms with Crippen molar-refractivity contribution in [1.29, 1.82) is 0 Å². The number of benzene rings is 1. The van der Waals surface area contributed by atoms with Crippen molar-refractivity contribution in [2.24, 2.45) is 0 Å². The number of halogens is 1. The van der Waals surface area contributed by atoms with Gasteiger partial charge in [-0.2, -0.15) is 0 Å². The van der Waals surface area contributed by atoms with Crippen molar-refractivity contribution >= 4 is 11.6 Å². The smallest absolute Gasteiger partial charge is 0.0732 e. The lowest BCUT2D eigenvalue weighted by Crippen LogP contribution is -2.13. The summed E-state index contributed by atoms with van der Waals surface area (Å²) in [7, 11) is 0. The molecule has 0 heterocycles. The van der Waals surface area contributed by atoms with Crippen LogP contribution in [0.15, 0.2) is 30.3 Å². The van der Waals surface area contributed by atoms with Gasteiger partial charge < -0.3 is 5.21 Å². The van der Waals surface area contributed by atoms with Crippen molar-refractivity contribution < 1.29 is 5.21 Å². The van der Waals surface area contributed by atoms with Gasteiger partial charge >= 0.3 is 0 Å². The molecule has 1 aromatic carbocycles. The average molecular weight is 172 g/mol. The van der Waals surface area contributed by atoms with E-state index in [0.717, 1.165) is 5.56 Å². The molecule has 1 aromatic rings. The molecule has 1 atom stereocenters. The molecule has 0 saturated heterocycles. The Morgan fingerprint density at radius 3 is 2.55 bits per heavy atom. The van der Waals surface area contributed by atoms with E-state index in [9.17, 15) is 0 Å². The fourth-order valence-corrected chi connectivity index (χ4v) is 1.07. The largest absolute Gasteiger partial charge is 0.317 e. The van der Waals surface area contributed by atoms with E-state index >= 15 is 0 Å². The quantitative estimate of drug-likeness (QED) is 0.538. The summed E-state index contributed by atoms with van der Waals surface area (Å²) >= 11 is 5.88. The predicted molar refractivity (Wildman–Crippen MR) is 44.8 cm³/mol. The van der Waals surface area contributed by atoms with Crippen LogP contribution in [0.1, 0.15) is 10.9 Å². The monoisotopic (exact) mass is 171 g/mol. The molecular weight excluding hydrogens is 162 g/mol. The van der Waals surface area contributed by atoms with Crippen LogP contribution in [-0.2, 0) is 0 Å². The lowest BCUT2D eigenvalue weighted by molar-refractivity contribution is 0.167. The number of hydrogen-bond acceptors (Lipinski definition) is 2. The third-order valence-electron chi connectivity index (χ3n) is 1.43. The molecule has 2 nitrogen and oxygen atoms in total. The van der Waals surface area contributed by atoms with Crippen LogP contribution in [0.25, 0.3) is 0 Å². The maximum Gasteiger partial charge on any atom is 0.0732 e. The van der Waals surface area contributed by atoms with E-state index in [4.69, 9.17) is 16.8 Å². The molecule has 1 rings (SSSR count). The summed E-state index contributed by atoms with van der Waals surface area (Å²) in [6, 6.07) is 9.62. The highest BCUT2D eigenvalue weighted by atomic mass is 35.5. The number of hydrogen-bond donors (Lipinski definition) is 2. The molecule has 0 saturated carbocycles. The lowest BCUT2D eigenvalue weighted by Gasteiger charge is -2.06. The van der Waals surface area contributed by atoms with E-state index in [1.165, 1.54) is 0 Å². The van der Waals surface area contributed by atoms with Crippen LogP contribution in [-0.4, -0.2) is 11.8 Å². The van der Waals surface area contributed by atoms with Gasteiger partial charge in [0.05, 0.1) is 5.38 Å². The highest BCUT2D eigenvalue weighted by Crippen LogP contribution is 2.17. The topological polar surface area (TPSA) is 32.3 Å². The van der Waals surface area contributed by atoms with E-state index in [-0.39, 0.29) is 5.38 Å². The Hall–Kier alpha value is -0.570. The van der Waals surface area contributed by atoms with E-state index in [2.05, 4.69) is 0 Å². The zero-order valence-corrected chi connectivity index (χ0v) is 6.75. The van der Waals surface area contributed by atoms with Crippen LogP contribution in [0, 0.1) is 0 Å². The van der Waals surface area contributed by atoms with Crippen molar-refractivity contribution in [2.75, 3.05) is 6.54 Å². The molecule has 3 heteroatoms. The Balaban J connectivity index is 2.61. The van der Waals surface area contributed by atoms with Gasteiger partial charge in [-0.15, -0.1) is 11.6 Å². The summed E-state index contributed by atoms with van der Waals surface area (Å²) in [5.74, 6) is 0. The molecule has 0 amide bonds. The van der Waals surface area contributed by atoms with Gasteiger partial charge in [-0.25, -0.2) is 5.48 Å². The second-order valence-electron chi connectivity index (χ2n) is 2.24. The van der Waals surface area contributed by atoms with E-state index in [1.54, 1.807) is 0 Å². The second-order valence-corrected chi connectivity index (χ2v) is 2.77. The Kier molecular flexibility index (Phi) is 3.36. The minimum Gasteiger partial charge on any atom is -0.317 e. The maximum absolute atomic E-state index is 8.36. The van der Waals surface area contributed by atoms with Crippen LogP contribution >= 0.6 is 11.6 Å². The number of rotatable bonds is 3. The zero-order chi connectivity index (χ0) is 8.10. The van der Waals surface area contributed by atoms with Crippen molar-refractivity contribution in [2.45, 2.75) is 5.38 Å². The molecule has 0 aliphatic heterocycles. The highest BCUT2D eigenvalue weighted by Gasteiger charge is 2.04. The van der Waals surface area contributed by atoms with Crippen LogP contribution < -0.4 is 5.48 Å². The van der Waals surface area contributed by atoms with Crippen LogP contribution in [0.3, 0.4) is 0 Å². The summed E-state index contributed by atoms with van der Waals surface area (Å²) in [5, 5.41) is 8.20. The molecule has 2 N–H and O–H groups in total. The van der Waals surface area contributed by atoms with Gasteiger partial charge in [0.25, 0.3) is 0 Å². The van der Waals surface area contributed by atoms with Crippen LogP contribution in [0.2, 0.25) is 0 Å². The fraction of sp³-hybridized carbons (Fsp3) is 0.250. The predicted octanol–water partition coefficient (Wildman–Crippen LogP) is 1.95. The minimum atomic E-state index is -0.166. The van der Waals surface area contributed by atoms with Crippen molar-refractivity contribution in [3.63, 3.8) is 0 Å². The maximum atomic E-state index is 8.36.